The summed E-state index contributed by atoms with van der Waals surface area (Å²) in [5.74, 6) is -1.16. The molecule has 0 spiro atoms. The third-order valence-electron chi connectivity index (χ3n) is 6.99. The van der Waals surface area contributed by atoms with Crippen LogP contribution in [0.1, 0.15) is 53.2 Å². The second-order valence-corrected chi connectivity index (χ2v) is 9.04. The van der Waals surface area contributed by atoms with Gasteiger partial charge in [0.25, 0.3) is 5.91 Å². The minimum absolute atomic E-state index is 0.0556. The average Bonchev–Trinajstić information content (AvgIpc) is 3.09. The fourth-order valence-electron chi connectivity index (χ4n) is 5.43. The lowest BCUT2D eigenvalue weighted by Gasteiger charge is -2.30. The molecule has 0 radical (unpaired) electrons. The van der Waals surface area contributed by atoms with E-state index in [9.17, 15) is 19.1 Å². The molecule has 1 aliphatic rings. The molecule has 1 saturated carbocycles. The molecule has 1 fully saturated rings. The van der Waals surface area contributed by atoms with Gasteiger partial charge in [-0.25, -0.2) is 4.39 Å². The molecule has 0 aliphatic heterocycles. The molecule has 1 amide bonds. The second-order valence-electron chi connectivity index (χ2n) is 9.04. The molecule has 1 aliphatic carbocycles. The number of pyridine rings is 1. The van der Waals surface area contributed by atoms with Crippen molar-refractivity contribution in [3.63, 3.8) is 0 Å². The van der Waals surface area contributed by atoms with Crippen LogP contribution in [0.2, 0.25) is 0 Å². The van der Waals surface area contributed by atoms with E-state index >= 15 is 0 Å². The Kier molecular flexibility index (Phi) is 5.77. The number of rotatable bonds is 5. The zero-order valence-electron chi connectivity index (χ0n) is 18.9. The summed E-state index contributed by atoms with van der Waals surface area (Å²) in [7, 11) is 0. The number of carboxylic acid groups (broad SMARTS) is 1. The highest BCUT2D eigenvalue weighted by molar-refractivity contribution is 6.06. The van der Waals surface area contributed by atoms with Gasteiger partial charge in [-0.3, -0.25) is 14.6 Å². The number of hydrogen-bond donors (Lipinski definition) is 2. The van der Waals surface area contributed by atoms with Crippen LogP contribution in [0.4, 0.5) is 4.39 Å². The van der Waals surface area contributed by atoms with Gasteiger partial charge in [0.15, 0.2) is 0 Å². The van der Waals surface area contributed by atoms with Crippen molar-refractivity contribution in [1.29, 1.82) is 0 Å². The Balaban J connectivity index is 1.34. The van der Waals surface area contributed by atoms with E-state index in [0.717, 1.165) is 58.7 Å². The van der Waals surface area contributed by atoms with Gasteiger partial charge in [-0.05, 0) is 80.5 Å². The maximum Gasteiger partial charge on any atom is 0.323 e. The standard InChI is InChI=1S/C27H26FN3O3/c1-16-26(22-14-18(28)9-12-24(22)31(16)15-25(32)33)17-7-10-19(11-8-17)30-27(34)21-4-2-6-23-20(21)5-3-13-29-23/h2-6,9,12-14,17,19H,7-8,10-11,15H2,1H3,(H,30,34)(H,32,33). The molecule has 5 rings (SSSR count). The van der Waals surface area contributed by atoms with Crippen LogP contribution in [0.25, 0.3) is 21.8 Å². The van der Waals surface area contributed by atoms with E-state index in [0.29, 0.717) is 5.56 Å². The van der Waals surface area contributed by atoms with Crippen LogP contribution >= 0.6 is 0 Å². The molecule has 0 unspecified atom stereocenters. The molecule has 2 heterocycles. The topological polar surface area (TPSA) is 84.2 Å². The molecule has 34 heavy (non-hydrogen) atoms. The predicted molar refractivity (Wildman–Crippen MR) is 128 cm³/mol. The summed E-state index contributed by atoms with van der Waals surface area (Å²) in [6.45, 7) is 1.76. The van der Waals surface area contributed by atoms with Crippen molar-refractivity contribution in [3.8, 4) is 0 Å². The number of nitrogens with one attached hydrogen (secondary N) is 1. The molecular weight excluding hydrogens is 433 g/mol. The van der Waals surface area contributed by atoms with E-state index in [1.807, 2.05) is 37.3 Å². The van der Waals surface area contributed by atoms with Crippen molar-refractivity contribution in [2.45, 2.75) is 51.1 Å². The van der Waals surface area contributed by atoms with Crippen LogP contribution in [-0.4, -0.2) is 32.6 Å². The minimum atomic E-state index is -0.925. The summed E-state index contributed by atoms with van der Waals surface area (Å²) in [6.07, 6.45) is 5.00. The molecule has 2 aromatic carbocycles. The number of amides is 1. The first-order chi connectivity index (χ1) is 16.4. The highest BCUT2D eigenvalue weighted by Gasteiger charge is 2.29. The lowest BCUT2D eigenvalue weighted by atomic mass is 9.80. The highest BCUT2D eigenvalue weighted by atomic mass is 19.1. The quantitative estimate of drug-likeness (QED) is 0.431. The van der Waals surface area contributed by atoms with E-state index in [1.54, 1.807) is 16.8 Å². The first kappa shape index (κ1) is 22.1. The maximum atomic E-state index is 14.1. The zero-order valence-corrected chi connectivity index (χ0v) is 18.9. The van der Waals surface area contributed by atoms with Crippen molar-refractivity contribution in [3.05, 3.63) is 77.4 Å². The molecule has 2 N–H and O–H groups in total. The number of fused-ring (bicyclic) bond motifs is 2. The van der Waals surface area contributed by atoms with Gasteiger partial charge < -0.3 is 15.0 Å². The molecule has 0 atom stereocenters. The van der Waals surface area contributed by atoms with E-state index < -0.39 is 5.97 Å². The van der Waals surface area contributed by atoms with Gasteiger partial charge in [0.1, 0.15) is 12.4 Å². The van der Waals surface area contributed by atoms with Gasteiger partial charge in [-0.2, -0.15) is 0 Å². The van der Waals surface area contributed by atoms with Gasteiger partial charge in [-0.1, -0.05) is 12.1 Å². The van der Waals surface area contributed by atoms with Gasteiger partial charge in [0.2, 0.25) is 0 Å². The summed E-state index contributed by atoms with van der Waals surface area (Å²) >= 11 is 0. The van der Waals surface area contributed by atoms with Gasteiger partial charge in [0, 0.05) is 39.8 Å². The number of carboxylic acids is 1. The highest BCUT2D eigenvalue weighted by Crippen LogP contribution is 2.40. The summed E-state index contributed by atoms with van der Waals surface area (Å²) in [4.78, 5) is 28.8. The summed E-state index contributed by atoms with van der Waals surface area (Å²) in [6, 6.07) is 13.9. The third-order valence-corrected chi connectivity index (χ3v) is 6.99. The zero-order chi connectivity index (χ0) is 23.8. The fraction of sp³-hybridized carbons (Fsp3) is 0.296. The Labute approximate surface area is 196 Å². The molecule has 0 saturated heterocycles. The lowest BCUT2D eigenvalue weighted by Crippen LogP contribution is -2.37. The third kappa shape index (κ3) is 4.02. The van der Waals surface area contributed by atoms with Crippen LogP contribution in [0, 0.1) is 12.7 Å². The smallest absolute Gasteiger partial charge is 0.323 e. The van der Waals surface area contributed by atoms with Gasteiger partial charge in [-0.15, -0.1) is 0 Å². The second kappa shape index (κ2) is 8.89. The largest absolute Gasteiger partial charge is 0.480 e. The number of nitrogens with zero attached hydrogens (tertiary/aromatic N) is 2. The summed E-state index contributed by atoms with van der Waals surface area (Å²) in [5.41, 5.74) is 4.06. The van der Waals surface area contributed by atoms with E-state index in [-0.39, 0.29) is 30.2 Å². The van der Waals surface area contributed by atoms with Crippen molar-refractivity contribution in [1.82, 2.24) is 14.9 Å². The van der Waals surface area contributed by atoms with E-state index in [1.165, 1.54) is 12.1 Å². The molecular formula is C27H26FN3O3. The minimum Gasteiger partial charge on any atom is -0.480 e. The normalized spacial score (nSPS) is 18.3. The predicted octanol–water partition coefficient (Wildman–Crippen LogP) is 5.18. The number of aromatic nitrogens is 2. The van der Waals surface area contributed by atoms with Crippen LogP contribution in [-0.2, 0) is 11.3 Å². The Morgan fingerprint density at radius 1 is 1.09 bits per heavy atom. The van der Waals surface area contributed by atoms with Crippen LogP contribution in [0.15, 0.2) is 54.7 Å². The molecule has 7 heteroatoms. The van der Waals surface area contributed by atoms with Crippen molar-refractivity contribution < 1.29 is 19.1 Å². The lowest BCUT2D eigenvalue weighted by molar-refractivity contribution is -0.137. The van der Waals surface area contributed by atoms with Crippen molar-refractivity contribution >= 4 is 33.7 Å². The Morgan fingerprint density at radius 3 is 2.65 bits per heavy atom. The van der Waals surface area contributed by atoms with Gasteiger partial charge >= 0.3 is 5.97 Å². The van der Waals surface area contributed by atoms with E-state index in [2.05, 4.69) is 10.3 Å². The van der Waals surface area contributed by atoms with E-state index in [4.69, 9.17) is 0 Å². The number of benzene rings is 2. The molecule has 2 aromatic heterocycles. The van der Waals surface area contributed by atoms with Crippen molar-refractivity contribution in [2.24, 2.45) is 0 Å². The van der Waals surface area contributed by atoms with Crippen LogP contribution in [0.3, 0.4) is 0 Å². The van der Waals surface area contributed by atoms with Crippen molar-refractivity contribution in [2.75, 3.05) is 0 Å². The number of carbonyl (C=O) groups is 2. The first-order valence-electron chi connectivity index (χ1n) is 11.6. The number of aliphatic carboxylic acids is 1. The Bertz CT molecular complexity index is 1400. The monoisotopic (exact) mass is 459 g/mol. The van der Waals surface area contributed by atoms with Crippen LogP contribution < -0.4 is 5.32 Å². The summed E-state index contributed by atoms with van der Waals surface area (Å²) < 4.78 is 15.8. The van der Waals surface area contributed by atoms with Crippen LogP contribution in [0.5, 0.6) is 0 Å². The average molecular weight is 460 g/mol. The number of carbonyl (C=O) groups excluding carboxylic acids is 1. The number of halogens is 1. The molecule has 174 valence electrons. The molecule has 0 bridgehead atoms. The first-order valence-corrected chi connectivity index (χ1v) is 11.6. The Morgan fingerprint density at radius 2 is 1.88 bits per heavy atom. The molecule has 4 aromatic rings. The van der Waals surface area contributed by atoms with Gasteiger partial charge in [0.05, 0.1) is 5.52 Å². The summed E-state index contributed by atoms with van der Waals surface area (Å²) in [5, 5.41) is 14.2. The maximum absolute atomic E-state index is 14.1. The SMILES string of the molecule is Cc1c(C2CCC(NC(=O)c3cccc4ncccc34)CC2)c2cc(F)ccc2n1CC(=O)O. The Hall–Kier alpha value is -3.74. The fourth-order valence-corrected chi connectivity index (χ4v) is 5.43. The molecule has 6 nitrogen and oxygen atoms in total. The number of hydrogen-bond acceptors (Lipinski definition) is 3.